The van der Waals surface area contributed by atoms with E-state index in [0.717, 1.165) is 18.5 Å². The van der Waals surface area contributed by atoms with Gasteiger partial charge in [-0.2, -0.15) is 0 Å². The summed E-state index contributed by atoms with van der Waals surface area (Å²) in [6.07, 6.45) is 2.09. The Morgan fingerprint density at radius 2 is 1.83 bits per heavy atom. The highest BCUT2D eigenvalue weighted by Crippen LogP contribution is 2.08. The summed E-state index contributed by atoms with van der Waals surface area (Å²) in [6.45, 7) is -0.335. The molecule has 0 saturated heterocycles. The highest BCUT2D eigenvalue weighted by Gasteiger charge is 2.19. The van der Waals surface area contributed by atoms with Crippen LogP contribution in [0.15, 0.2) is 23.4 Å². The summed E-state index contributed by atoms with van der Waals surface area (Å²) in [7, 11) is -7.47. The third-order valence-electron chi connectivity index (χ3n) is 1.76. The lowest BCUT2D eigenvalue weighted by molar-refractivity contribution is 0.543. The molecule has 0 amide bonds. The highest BCUT2D eigenvalue weighted by molar-refractivity contribution is 7.89. The Morgan fingerprint density at radius 1 is 1.22 bits per heavy atom. The Balaban J connectivity index is 2.65. The Kier molecular flexibility index (Phi) is 4.73. The zero-order chi connectivity index (χ0) is 13.8. The summed E-state index contributed by atoms with van der Waals surface area (Å²) in [4.78, 5) is 3.41. The van der Waals surface area contributed by atoms with Crippen LogP contribution in [0.2, 0.25) is 0 Å². The van der Waals surface area contributed by atoms with E-state index in [2.05, 4.69) is 9.71 Å². The van der Waals surface area contributed by atoms with E-state index < -0.39 is 30.9 Å². The molecule has 18 heavy (non-hydrogen) atoms. The predicted molar refractivity (Wildman–Crippen MR) is 62.2 cm³/mol. The van der Waals surface area contributed by atoms with Crippen molar-refractivity contribution in [1.82, 2.24) is 14.4 Å². The summed E-state index contributed by atoms with van der Waals surface area (Å²) >= 11 is 0. The van der Waals surface area contributed by atoms with Crippen molar-refractivity contribution >= 4 is 20.0 Å². The van der Waals surface area contributed by atoms with Crippen molar-refractivity contribution in [1.29, 1.82) is 0 Å². The van der Waals surface area contributed by atoms with E-state index in [-0.39, 0.29) is 13.1 Å². The minimum absolute atomic E-state index is 0.132. The molecule has 1 rings (SSSR count). The van der Waals surface area contributed by atoms with Crippen molar-refractivity contribution in [3.8, 4) is 0 Å². The van der Waals surface area contributed by atoms with Crippen LogP contribution in [0.3, 0.4) is 0 Å². The first-order valence-electron chi connectivity index (χ1n) is 4.77. The van der Waals surface area contributed by atoms with E-state index >= 15 is 0 Å². The topological polar surface area (TPSA) is 105 Å². The highest BCUT2D eigenvalue weighted by atomic mass is 32.2. The fourth-order valence-corrected chi connectivity index (χ4v) is 2.56. The lowest BCUT2D eigenvalue weighted by Crippen LogP contribution is -2.34. The van der Waals surface area contributed by atoms with E-state index in [1.165, 1.54) is 6.07 Å². The molecule has 1 aromatic rings. The summed E-state index contributed by atoms with van der Waals surface area (Å²) in [6, 6.07) is 2.23. The molecule has 2 N–H and O–H groups in total. The van der Waals surface area contributed by atoms with E-state index in [9.17, 15) is 21.2 Å². The van der Waals surface area contributed by atoms with E-state index in [1.807, 2.05) is 4.72 Å². The molecule has 0 saturated carbocycles. The quantitative estimate of drug-likeness (QED) is 0.659. The van der Waals surface area contributed by atoms with Gasteiger partial charge in [-0.3, -0.25) is 0 Å². The maximum Gasteiger partial charge on any atom is 0.261 e. The third kappa shape index (κ3) is 4.64. The van der Waals surface area contributed by atoms with Crippen molar-refractivity contribution in [2.24, 2.45) is 0 Å². The minimum atomic E-state index is -4.08. The Morgan fingerprint density at radius 3 is 2.39 bits per heavy atom. The van der Waals surface area contributed by atoms with Gasteiger partial charge in [0.05, 0.1) is 6.26 Å². The second kappa shape index (κ2) is 5.69. The molecule has 0 aliphatic rings. The molecule has 10 heteroatoms. The van der Waals surface area contributed by atoms with Crippen LogP contribution < -0.4 is 9.44 Å². The average molecular weight is 297 g/mol. The summed E-state index contributed by atoms with van der Waals surface area (Å²) in [5.74, 6) is -0.971. The van der Waals surface area contributed by atoms with Gasteiger partial charge in [0.25, 0.3) is 10.0 Å². The van der Waals surface area contributed by atoms with Crippen LogP contribution in [0.4, 0.5) is 4.39 Å². The number of hydrogen-bond acceptors (Lipinski definition) is 5. The number of rotatable bonds is 6. The van der Waals surface area contributed by atoms with E-state index in [0.29, 0.717) is 0 Å². The molecule has 0 aliphatic heterocycles. The van der Waals surface area contributed by atoms with Gasteiger partial charge in [-0.05, 0) is 12.1 Å². The number of sulfonamides is 2. The molecule has 0 aromatic carbocycles. The predicted octanol–water partition coefficient (Wildman–Crippen LogP) is -0.952. The Labute approximate surface area is 105 Å². The molecule has 0 aliphatic carbocycles. The maximum atomic E-state index is 13.2. The smallest absolute Gasteiger partial charge is 0.241 e. The molecule has 0 fully saturated rings. The Bertz CT molecular complexity index is 615. The van der Waals surface area contributed by atoms with Gasteiger partial charge in [0, 0.05) is 19.3 Å². The largest absolute Gasteiger partial charge is 0.261 e. The third-order valence-corrected chi connectivity index (χ3v) is 3.88. The number of halogens is 1. The van der Waals surface area contributed by atoms with Crippen molar-refractivity contribution < 1.29 is 21.2 Å². The van der Waals surface area contributed by atoms with Crippen LogP contribution >= 0.6 is 0 Å². The van der Waals surface area contributed by atoms with Crippen molar-refractivity contribution in [3.63, 3.8) is 0 Å². The van der Waals surface area contributed by atoms with Crippen LogP contribution in [0, 0.1) is 5.82 Å². The normalized spacial score (nSPS) is 12.6. The van der Waals surface area contributed by atoms with Crippen molar-refractivity contribution in [3.05, 3.63) is 24.1 Å². The molecule has 0 spiro atoms. The van der Waals surface area contributed by atoms with Gasteiger partial charge in [0.15, 0.2) is 5.82 Å². The van der Waals surface area contributed by atoms with Gasteiger partial charge < -0.3 is 0 Å². The molecule has 1 heterocycles. The number of hydrogen-bond donors (Lipinski definition) is 2. The molecule has 0 unspecified atom stereocenters. The number of aromatic nitrogens is 1. The molecule has 102 valence electrons. The van der Waals surface area contributed by atoms with Gasteiger partial charge in [-0.25, -0.2) is 35.7 Å². The molecule has 0 bridgehead atoms. The van der Waals surface area contributed by atoms with Crippen LogP contribution in [0.25, 0.3) is 0 Å². The first-order chi connectivity index (χ1) is 8.22. The van der Waals surface area contributed by atoms with Gasteiger partial charge in [-0.1, -0.05) is 0 Å². The summed E-state index contributed by atoms with van der Waals surface area (Å²) in [5, 5.41) is -0.718. The number of nitrogens with zero attached hydrogens (tertiary/aromatic N) is 1. The van der Waals surface area contributed by atoms with Crippen LogP contribution in [0.5, 0.6) is 0 Å². The van der Waals surface area contributed by atoms with Gasteiger partial charge in [-0.15, -0.1) is 0 Å². The van der Waals surface area contributed by atoms with Gasteiger partial charge >= 0.3 is 0 Å². The first-order valence-corrected chi connectivity index (χ1v) is 8.15. The lowest BCUT2D eigenvalue weighted by Gasteiger charge is -2.06. The second-order valence-corrected chi connectivity index (χ2v) is 6.87. The van der Waals surface area contributed by atoms with E-state index in [1.54, 1.807) is 0 Å². The number of nitrogens with one attached hydrogen (secondary N) is 2. The van der Waals surface area contributed by atoms with Gasteiger partial charge in [0.2, 0.25) is 15.0 Å². The first kappa shape index (κ1) is 15.0. The van der Waals surface area contributed by atoms with E-state index in [4.69, 9.17) is 0 Å². The zero-order valence-corrected chi connectivity index (χ0v) is 11.1. The number of pyridine rings is 1. The zero-order valence-electron chi connectivity index (χ0n) is 9.42. The monoisotopic (exact) mass is 297 g/mol. The fourth-order valence-electron chi connectivity index (χ4n) is 1.06. The summed E-state index contributed by atoms with van der Waals surface area (Å²) < 4.78 is 61.9. The van der Waals surface area contributed by atoms with Crippen molar-refractivity contribution in [2.75, 3.05) is 19.3 Å². The maximum absolute atomic E-state index is 13.2. The average Bonchev–Trinajstić information content (AvgIpc) is 2.24. The molecule has 0 atom stereocenters. The van der Waals surface area contributed by atoms with Crippen LogP contribution in [0.1, 0.15) is 0 Å². The Hall–Kier alpha value is -1.10. The second-order valence-electron chi connectivity index (χ2n) is 3.35. The molecular weight excluding hydrogens is 285 g/mol. The van der Waals surface area contributed by atoms with Crippen molar-refractivity contribution in [2.45, 2.75) is 5.03 Å². The fraction of sp³-hybridized carbons (Fsp3) is 0.375. The van der Waals surface area contributed by atoms with Crippen LogP contribution in [-0.2, 0) is 20.0 Å². The molecule has 7 nitrogen and oxygen atoms in total. The molecule has 1 aromatic heterocycles. The molecule has 0 radical (unpaired) electrons. The minimum Gasteiger partial charge on any atom is -0.241 e. The standard InChI is InChI=1S/C8H12FN3O4S2/c1-17(13,14)11-5-6-12-18(15,16)8-7(9)3-2-4-10-8/h2-4,11-12H,5-6H2,1H3. The van der Waals surface area contributed by atoms with Crippen LogP contribution in [-0.4, -0.2) is 41.2 Å². The molecular formula is C8H12FN3O4S2. The summed E-state index contributed by atoms with van der Waals surface area (Å²) in [5.41, 5.74) is 0. The van der Waals surface area contributed by atoms with Gasteiger partial charge in [0.1, 0.15) is 0 Å². The SMILES string of the molecule is CS(=O)(=O)NCCNS(=O)(=O)c1ncccc1F. The lowest BCUT2D eigenvalue weighted by atomic mass is 10.5.